The third-order valence-corrected chi connectivity index (χ3v) is 4.48. The topological polar surface area (TPSA) is 67.4 Å². The van der Waals surface area contributed by atoms with E-state index in [0.29, 0.717) is 33.3 Å². The fourth-order valence-electron chi connectivity index (χ4n) is 2.68. The molecular formula is C22H19ClN2O3. The summed E-state index contributed by atoms with van der Waals surface area (Å²) in [6, 6.07) is 19.1. The first-order valence-corrected chi connectivity index (χ1v) is 8.97. The lowest BCUT2D eigenvalue weighted by atomic mass is 10.1. The van der Waals surface area contributed by atoms with E-state index in [4.69, 9.17) is 16.3 Å². The molecule has 5 nitrogen and oxygen atoms in total. The van der Waals surface area contributed by atoms with E-state index in [1.165, 1.54) is 7.11 Å². The largest absolute Gasteiger partial charge is 0.495 e. The van der Waals surface area contributed by atoms with Crippen molar-refractivity contribution in [1.29, 1.82) is 0 Å². The van der Waals surface area contributed by atoms with Crippen LogP contribution < -0.4 is 15.4 Å². The van der Waals surface area contributed by atoms with E-state index in [9.17, 15) is 9.59 Å². The third kappa shape index (κ3) is 4.50. The lowest BCUT2D eigenvalue weighted by Crippen LogP contribution is -2.14. The number of aryl methyl sites for hydroxylation is 1. The minimum atomic E-state index is -0.287. The molecule has 28 heavy (non-hydrogen) atoms. The second-order valence-electron chi connectivity index (χ2n) is 6.15. The van der Waals surface area contributed by atoms with Crippen LogP contribution in [0.25, 0.3) is 0 Å². The van der Waals surface area contributed by atoms with Crippen molar-refractivity contribution in [3.8, 4) is 5.75 Å². The maximum Gasteiger partial charge on any atom is 0.255 e. The first kappa shape index (κ1) is 19.5. The van der Waals surface area contributed by atoms with Crippen LogP contribution >= 0.6 is 11.6 Å². The van der Waals surface area contributed by atoms with Crippen molar-refractivity contribution in [2.45, 2.75) is 6.92 Å². The number of nitrogens with one attached hydrogen (secondary N) is 2. The Morgan fingerprint density at radius 3 is 2.21 bits per heavy atom. The zero-order chi connectivity index (χ0) is 20.1. The molecule has 142 valence electrons. The standard InChI is InChI=1S/C22H19ClN2O3/c1-14-12-17(24-22(27)16-8-11-20(28-2)18(23)13-16)9-10-19(14)25-21(26)15-6-4-3-5-7-15/h3-13H,1-2H3,(H,24,27)(H,25,26). The first-order valence-electron chi connectivity index (χ1n) is 8.60. The van der Waals surface area contributed by atoms with E-state index in [0.717, 1.165) is 5.56 Å². The number of hydrogen-bond acceptors (Lipinski definition) is 3. The van der Waals surface area contributed by atoms with E-state index in [1.807, 2.05) is 25.1 Å². The van der Waals surface area contributed by atoms with Crippen LogP contribution in [-0.4, -0.2) is 18.9 Å². The molecule has 0 bridgehead atoms. The van der Waals surface area contributed by atoms with Gasteiger partial charge in [-0.15, -0.1) is 0 Å². The maximum absolute atomic E-state index is 12.4. The number of methoxy groups -OCH3 is 1. The quantitative estimate of drug-likeness (QED) is 0.628. The number of hydrogen-bond donors (Lipinski definition) is 2. The average Bonchev–Trinajstić information content (AvgIpc) is 2.70. The highest BCUT2D eigenvalue weighted by molar-refractivity contribution is 6.32. The molecule has 0 saturated carbocycles. The van der Waals surface area contributed by atoms with Gasteiger partial charge in [0.25, 0.3) is 11.8 Å². The fraction of sp³-hybridized carbons (Fsp3) is 0.0909. The molecule has 0 aliphatic heterocycles. The lowest BCUT2D eigenvalue weighted by Gasteiger charge is -2.12. The number of amides is 2. The van der Waals surface area contributed by atoms with Crippen molar-refractivity contribution in [3.63, 3.8) is 0 Å². The molecule has 0 aliphatic carbocycles. The molecular weight excluding hydrogens is 376 g/mol. The number of ether oxygens (including phenoxy) is 1. The minimum absolute atomic E-state index is 0.187. The van der Waals surface area contributed by atoms with Gasteiger partial charge < -0.3 is 15.4 Å². The number of carbonyl (C=O) groups excluding carboxylic acids is 2. The highest BCUT2D eigenvalue weighted by Gasteiger charge is 2.11. The van der Waals surface area contributed by atoms with Gasteiger partial charge in [-0.25, -0.2) is 0 Å². The third-order valence-electron chi connectivity index (χ3n) is 4.18. The number of carbonyl (C=O) groups is 2. The fourth-order valence-corrected chi connectivity index (χ4v) is 2.93. The molecule has 0 heterocycles. The molecule has 0 aromatic heterocycles. The summed E-state index contributed by atoms with van der Waals surface area (Å²) in [4.78, 5) is 24.7. The molecule has 3 aromatic rings. The smallest absolute Gasteiger partial charge is 0.255 e. The van der Waals surface area contributed by atoms with Crippen molar-refractivity contribution < 1.29 is 14.3 Å². The maximum atomic E-state index is 12.4. The molecule has 6 heteroatoms. The Morgan fingerprint density at radius 1 is 0.857 bits per heavy atom. The van der Waals surface area contributed by atoms with Gasteiger partial charge in [-0.2, -0.15) is 0 Å². The van der Waals surface area contributed by atoms with Gasteiger partial charge in [0.15, 0.2) is 0 Å². The van der Waals surface area contributed by atoms with Crippen LogP contribution in [0.4, 0.5) is 11.4 Å². The number of anilines is 2. The predicted octanol–water partition coefficient (Wildman–Crippen LogP) is 5.16. The van der Waals surface area contributed by atoms with Crippen molar-refractivity contribution in [1.82, 2.24) is 0 Å². The van der Waals surface area contributed by atoms with Gasteiger partial charge in [0.2, 0.25) is 0 Å². The SMILES string of the molecule is COc1ccc(C(=O)Nc2ccc(NC(=O)c3ccccc3)c(C)c2)cc1Cl. The van der Waals surface area contributed by atoms with Crippen LogP contribution in [0.15, 0.2) is 66.7 Å². The van der Waals surface area contributed by atoms with Gasteiger partial charge in [-0.05, 0) is 61.0 Å². The summed E-state index contributed by atoms with van der Waals surface area (Å²) in [5.41, 5.74) is 3.13. The summed E-state index contributed by atoms with van der Waals surface area (Å²) in [6.07, 6.45) is 0. The lowest BCUT2D eigenvalue weighted by molar-refractivity contribution is 0.101. The Labute approximate surface area is 168 Å². The van der Waals surface area contributed by atoms with Crippen molar-refractivity contribution in [2.75, 3.05) is 17.7 Å². The summed E-state index contributed by atoms with van der Waals surface area (Å²) in [5.74, 6) is 0.0333. The number of benzene rings is 3. The minimum Gasteiger partial charge on any atom is -0.495 e. The van der Waals surface area contributed by atoms with Crippen molar-refractivity contribution in [2.24, 2.45) is 0 Å². The molecule has 0 fully saturated rings. The highest BCUT2D eigenvalue weighted by Crippen LogP contribution is 2.26. The second-order valence-corrected chi connectivity index (χ2v) is 6.56. The van der Waals surface area contributed by atoms with Crippen LogP contribution in [-0.2, 0) is 0 Å². The highest BCUT2D eigenvalue weighted by atomic mass is 35.5. The normalized spacial score (nSPS) is 10.2. The van der Waals surface area contributed by atoms with E-state index in [-0.39, 0.29) is 11.8 Å². The van der Waals surface area contributed by atoms with E-state index in [2.05, 4.69) is 10.6 Å². The summed E-state index contributed by atoms with van der Waals surface area (Å²) < 4.78 is 5.09. The van der Waals surface area contributed by atoms with Crippen LogP contribution in [0.2, 0.25) is 5.02 Å². The predicted molar refractivity (Wildman–Crippen MR) is 112 cm³/mol. The average molecular weight is 395 g/mol. The molecule has 2 amide bonds. The molecule has 3 rings (SSSR count). The molecule has 2 N–H and O–H groups in total. The number of halogens is 1. The van der Waals surface area contributed by atoms with Crippen molar-refractivity contribution in [3.05, 3.63) is 88.4 Å². The molecule has 0 atom stereocenters. The summed E-state index contributed by atoms with van der Waals surface area (Å²) in [5, 5.41) is 6.07. The molecule has 3 aromatic carbocycles. The molecule has 0 aliphatic rings. The van der Waals surface area contributed by atoms with E-state index < -0.39 is 0 Å². The zero-order valence-electron chi connectivity index (χ0n) is 15.5. The van der Waals surface area contributed by atoms with Crippen LogP contribution in [0.1, 0.15) is 26.3 Å². The molecule has 0 unspecified atom stereocenters. The van der Waals surface area contributed by atoms with Gasteiger partial charge in [0, 0.05) is 22.5 Å². The molecule has 0 saturated heterocycles. The van der Waals surface area contributed by atoms with Gasteiger partial charge in [0.1, 0.15) is 5.75 Å². The van der Waals surface area contributed by atoms with Gasteiger partial charge >= 0.3 is 0 Å². The first-order chi connectivity index (χ1) is 13.5. The zero-order valence-corrected chi connectivity index (χ0v) is 16.2. The second kappa shape index (κ2) is 8.59. The Hall–Kier alpha value is -3.31. The van der Waals surface area contributed by atoms with Crippen molar-refractivity contribution >= 4 is 34.8 Å². The Kier molecular flexibility index (Phi) is 5.96. The van der Waals surface area contributed by atoms with Gasteiger partial charge in [-0.3, -0.25) is 9.59 Å². The molecule has 0 spiro atoms. The summed E-state index contributed by atoms with van der Waals surface area (Å²) >= 11 is 6.08. The van der Waals surface area contributed by atoms with E-state index in [1.54, 1.807) is 48.5 Å². The summed E-state index contributed by atoms with van der Waals surface area (Å²) in [6.45, 7) is 1.86. The van der Waals surface area contributed by atoms with Crippen LogP contribution in [0, 0.1) is 6.92 Å². The van der Waals surface area contributed by atoms with Gasteiger partial charge in [0.05, 0.1) is 12.1 Å². The Balaban J connectivity index is 1.71. The Morgan fingerprint density at radius 2 is 1.57 bits per heavy atom. The van der Waals surface area contributed by atoms with Crippen LogP contribution in [0.3, 0.4) is 0 Å². The summed E-state index contributed by atoms with van der Waals surface area (Å²) in [7, 11) is 1.52. The number of rotatable bonds is 5. The van der Waals surface area contributed by atoms with Crippen LogP contribution in [0.5, 0.6) is 5.75 Å². The monoisotopic (exact) mass is 394 g/mol. The molecule has 0 radical (unpaired) electrons. The van der Waals surface area contributed by atoms with Gasteiger partial charge in [-0.1, -0.05) is 29.8 Å². The Bertz CT molecular complexity index is 1020. The van der Waals surface area contributed by atoms with E-state index >= 15 is 0 Å².